The number of aromatic nitrogens is 1. The number of anilines is 2. The molecule has 0 aliphatic carbocycles. The molecule has 0 spiro atoms. The van der Waals surface area contributed by atoms with Gasteiger partial charge in [0.05, 0.1) is 15.8 Å². The van der Waals surface area contributed by atoms with Crippen LogP contribution in [0.5, 0.6) is 0 Å². The van der Waals surface area contributed by atoms with Crippen LogP contribution in [0.1, 0.15) is 0 Å². The number of hydrogen-bond acceptors (Lipinski definition) is 2. The van der Waals surface area contributed by atoms with Crippen LogP contribution < -0.4 is 5.32 Å². The highest BCUT2D eigenvalue weighted by Gasteiger charge is 2.08. The van der Waals surface area contributed by atoms with Gasteiger partial charge in [-0.15, -0.1) is 0 Å². The van der Waals surface area contributed by atoms with Gasteiger partial charge < -0.3 is 5.32 Å². The van der Waals surface area contributed by atoms with E-state index in [0.717, 1.165) is 6.07 Å². The van der Waals surface area contributed by atoms with Gasteiger partial charge in [-0.25, -0.2) is 8.78 Å². The van der Waals surface area contributed by atoms with E-state index in [1.54, 1.807) is 18.5 Å². The Balaban J connectivity index is 2.35. The summed E-state index contributed by atoms with van der Waals surface area (Å²) in [6.07, 6.45) is 3.13. The number of hydrogen-bond donors (Lipinski definition) is 1. The first-order valence-electron chi connectivity index (χ1n) is 4.49. The van der Waals surface area contributed by atoms with E-state index in [9.17, 15) is 8.78 Å². The van der Waals surface area contributed by atoms with Gasteiger partial charge in [-0.1, -0.05) is 6.07 Å². The summed E-state index contributed by atoms with van der Waals surface area (Å²) in [6, 6.07) is 5.64. The molecule has 0 fully saturated rings. The normalized spacial score (nSPS) is 10.2. The Bertz CT molecular complexity index is 517. The predicted molar refractivity (Wildman–Crippen MR) is 61.6 cm³/mol. The Kier molecular flexibility index (Phi) is 3.14. The average Bonchev–Trinajstić information content (AvgIpc) is 2.28. The van der Waals surface area contributed by atoms with E-state index in [2.05, 4.69) is 26.2 Å². The van der Waals surface area contributed by atoms with Crippen molar-refractivity contribution in [1.29, 1.82) is 0 Å². The van der Waals surface area contributed by atoms with E-state index in [0.29, 0.717) is 10.2 Å². The lowest BCUT2D eigenvalue weighted by Crippen LogP contribution is -1.96. The first kappa shape index (κ1) is 11.0. The molecule has 1 aromatic carbocycles. The van der Waals surface area contributed by atoms with Crippen molar-refractivity contribution in [3.8, 4) is 0 Å². The molecule has 2 rings (SSSR count). The van der Waals surface area contributed by atoms with E-state index in [1.807, 2.05) is 0 Å². The predicted octanol–water partition coefficient (Wildman–Crippen LogP) is 3.87. The molecule has 1 heterocycles. The zero-order valence-electron chi connectivity index (χ0n) is 8.05. The Morgan fingerprint density at radius 1 is 1.12 bits per heavy atom. The summed E-state index contributed by atoms with van der Waals surface area (Å²) in [5.41, 5.74) is 0.714. The number of benzene rings is 1. The van der Waals surface area contributed by atoms with Crippen LogP contribution in [0.25, 0.3) is 0 Å². The maximum Gasteiger partial charge on any atom is 0.182 e. The molecule has 0 saturated heterocycles. The zero-order chi connectivity index (χ0) is 11.5. The smallest absolute Gasteiger partial charge is 0.182 e. The lowest BCUT2D eigenvalue weighted by molar-refractivity contribution is 0.512. The highest BCUT2D eigenvalue weighted by Crippen LogP contribution is 2.26. The molecule has 2 nitrogen and oxygen atoms in total. The molecule has 0 bridgehead atoms. The van der Waals surface area contributed by atoms with Gasteiger partial charge in [-0.05, 0) is 34.1 Å². The lowest BCUT2D eigenvalue weighted by atomic mass is 10.3. The van der Waals surface area contributed by atoms with Crippen LogP contribution in [0.3, 0.4) is 0 Å². The molecule has 5 heteroatoms. The van der Waals surface area contributed by atoms with Crippen molar-refractivity contribution in [2.45, 2.75) is 0 Å². The van der Waals surface area contributed by atoms with Gasteiger partial charge in [0.15, 0.2) is 11.6 Å². The number of nitrogens with zero attached hydrogens (tertiary/aromatic N) is 1. The van der Waals surface area contributed by atoms with E-state index >= 15 is 0 Å². The maximum atomic E-state index is 13.4. The van der Waals surface area contributed by atoms with Gasteiger partial charge in [0, 0.05) is 12.4 Å². The van der Waals surface area contributed by atoms with Gasteiger partial charge in [0.1, 0.15) is 0 Å². The summed E-state index contributed by atoms with van der Waals surface area (Å²) >= 11 is 3.26. The van der Waals surface area contributed by atoms with Crippen molar-refractivity contribution in [3.05, 3.63) is 52.8 Å². The molecule has 0 aliphatic rings. The van der Waals surface area contributed by atoms with Crippen LogP contribution in [-0.2, 0) is 0 Å². The molecular formula is C11H7BrF2N2. The second-order valence-corrected chi connectivity index (χ2v) is 3.94. The van der Waals surface area contributed by atoms with E-state index in [1.165, 1.54) is 12.1 Å². The summed E-state index contributed by atoms with van der Waals surface area (Å²) < 4.78 is 27.0. The van der Waals surface area contributed by atoms with Crippen molar-refractivity contribution >= 4 is 27.3 Å². The van der Waals surface area contributed by atoms with Crippen LogP contribution in [0.2, 0.25) is 0 Å². The maximum absolute atomic E-state index is 13.4. The molecule has 82 valence electrons. The summed E-state index contributed by atoms with van der Waals surface area (Å²) in [5, 5.41) is 2.78. The third-order valence-electron chi connectivity index (χ3n) is 1.99. The Morgan fingerprint density at radius 2 is 1.94 bits per heavy atom. The highest BCUT2D eigenvalue weighted by molar-refractivity contribution is 9.10. The van der Waals surface area contributed by atoms with E-state index in [-0.39, 0.29) is 5.69 Å². The topological polar surface area (TPSA) is 24.9 Å². The molecule has 0 aliphatic heterocycles. The van der Waals surface area contributed by atoms with Gasteiger partial charge in [0.25, 0.3) is 0 Å². The molecular weight excluding hydrogens is 278 g/mol. The summed E-state index contributed by atoms with van der Waals surface area (Å²) in [4.78, 5) is 3.87. The van der Waals surface area contributed by atoms with Crippen LogP contribution in [0.4, 0.5) is 20.2 Å². The van der Waals surface area contributed by atoms with Crippen LogP contribution in [-0.4, -0.2) is 4.98 Å². The van der Waals surface area contributed by atoms with Gasteiger partial charge in [-0.3, -0.25) is 4.98 Å². The molecule has 1 aromatic heterocycles. The van der Waals surface area contributed by atoms with Crippen LogP contribution in [0, 0.1) is 11.6 Å². The van der Waals surface area contributed by atoms with Crippen molar-refractivity contribution in [3.63, 3.8) is 0 Å². The van der Waals surface area contributed by atoms with Crippen molar-refractivity contribution in [2.75, 3.05) is 5.32 Å². The fourth-order valence-corrected chi connectivity index (χ4v) is 1.57. The minimum absolute atomic E-state index is 0.0897. The SMILES string of the molecule is Fc1cccc(Nc2ccncc2Br)c1F. The molecule has 0 radical (unpaired) electrons. The van der Waals surface area contributed by atoms with E-state index < -0.39 is 11.6 Å². The molecule has 0 atom stereocenters. The number of halogens is 3. The highest BCUT2D eigenvalue weighted by atomic mass is 79.9. The standard InChI is InChI=1S/C11H7BrF2N2/c12-7-6-15-5-4-9(7)16-10-3-1-2-8(13)11(10)14/h1-6H,(H,15,16). The van der Waals surface area contributed by atoms with Crippen molar-refractivity contribution in [1.82, 2.24) is 4.98 Å². The quantitative estimate of drug-likeness (QED) is 0.906. The Labute approximate surface area is 99.5 Å². The molecule has 2 aromatic rings. The fourth-order valence-electron chi connectivity index (χ4n) is 1.22. The second-order valence-electron chi connectivity index (χ2n) is 3.08. The first-order chi connectivity index (χ1) is 7.68. The van der Waals surface area contributed by atoms with Crippen LogP contribution in [0.15, 0.2) is 41.1 Å². The average molecular weight is 285 g/mol. The third-order valence-corrected chi connectivity index (χ3v) is 2.63. The zero-order valence-corrected chi connectivity index (χ0v) is 9.63. The summed E-state index contributed by atoms with van der Waals surface area (Å²) in [5.74, 6) is -1.78. The Hall–Kier alpha value is -1.49. The molecule has 16 heavy (non-hydrogen) atoms. The largest absolute Gasteiger partial charge is 0.352 e. The molecule has 0 unspecified atom stereocenters. The first-order valence-corrected chi connectivity index (χ1v) is 5.28. The second kappa shape index (κ2) is 4.57. The lowest BCUT2D eigenvalue weighted by Gasteiger charge is -2.08. The monoisotopic (exact) mass is 284 g/mol. The Morgan fingerprint density at radius 3 is 2.69 bits per heavy atom. The van der Waals surface area contributed by atoms with Crippen molar-refractivity contribution in [2.24, 2.45) is 0 Å². The van der Waals surface area contributed by atoms with Gasteiger partial charge in [-0.2, -0.15) is 0 Å². The molecule has 0 saturated carbocycles. The van der Waals surface area contributed by atoms with Crippen LogP contribution >= 0.6 is 15.9 Å². The molecule has 0 amide bonds. The van der Waals surface area contributed by atoms with Gasteiger partial charge >= 0.3 is 0 Å². The third kappa shape index (κ3) is 2.19. The minimum atomic E-state index is -0.897. The van der Waals surface area contributed by atoms with E-state index in [4.69, 9.17) is 0 Å². The molecule has 1 N–H and O–H groups in total. The fraction of sp³-hybridized carbons (Fsp3) is 0. The van der Waals surface area contributed by atoms with Gasteiger partial charge in [0.2, 0.25) is 0 Å². The number of rotatable bonds is 2. The summed E-state index contributed by atoms with van der Waals surface area (Å²) in [7, 11) is 0. The van der Waals surface area contributed by atoms with Crippen molar-refractivity contribution < 1.29 is 8.78 Å². The minimum Gasteiger partial charge on any atom is -0.352 e. The number of nitrogens with one attached hydrogen (secondary N) is 1. The summed E-state index contributed by atoms with van der Waals surface area (Å²) in [6.45, 7) is 0. The number of pyridine rings is 1.